The first-order chi connectivity index (χ1) is 8.54. The summed E-state index contributed by atoms with van der Waals surface area (Å²) in [5.41, 5.74) is 6.22. The van der Waals surface area contributed by atoms with Gasteiger partial charge in [0.2, 0.25) is 0 Å². The fraction of sp³-hybridized carbons (Fsp3) is 0.167. The molecule has 0 aromatic heterocycles. The molecule has 0 saturated carbocycles. The lowest BCUT2D eigenvalue weighted by Gasteiger charge is -2.22. The number of phenols is 2. The first kappa shape index (κ1) is 11.8. The highest BCUT2D eigenvalue weighted by Gasteiger charge is 2.34. The van der Waals surface area contributed by atoms with Crippen LogP contribution in [-0.4, -0.2) is 33.5 Å². The zero-order valence-corrected chi connectivity index (χ0v) is 9.37. The van der Waals surface area contributed by atoms with Crippen molar-refractivity contribution in [1.29, 1.82) is 0 Å². The predicted molar refractivity (Wildman–Crippen MR) is 65.1 cm³/mol. The molecule has 1 aromatic carbocycles. The molecule has 0 radical (unpaired) electrons. The topological polar surface area (TPSA) is 99.2 Å². The Morgan fingerprint density at radius 3 is 2.78 bits per heavy atom. The van der Waals surface area contributed by atoms with E-state index in [-0.39, 0.29) is 23.9 Å². The van der Waals surface area contributed by atoms with E-state index in [1.807, 2.05) is 0 Å². The van der Waals surface area contributed by atoms with E-state index in [0.29, 0.717) is 5.56 Å². The number of carbonyl (C=O) groups excluding carboxylic acids is 1. The van der Waals surface area contributed by atoms with Crippen molar-refractivity contribution in [2.75, 3.05) is 6.54 Å². The van der Waals surface area contributed by atoms with Crippen molar-refractivity contribution in [1.82, 2.24) is 4.90 Å². The lowest BCUT2D eigenvalue weighted by atomic mass is 10.0. The predicted octanol–water partition coefficient (Wildman–Crippen LogP) is 0.565. The van der Waals surface area contributed by atoms with Gasteiger partial charge >= 0.3 is 6.03 Å². The van der Waals surface area contributed by atoms with Crippen molar-refractivity contribution in [2.45, 2.75) is 6.04 Å². The first-order valence-electron chi connectivity index (χ1n) is 5.14. The summed E-state index contributed by atoms with van der Waals surface area (Å²) in [7, 11) is 0. The second kappa shape index (κ2) is 4.30. The van der Waals surface area contributed by atoms with Crippen LogP contribution in [0.5, 0.6) is 11.5 Å². The summed E-state index contributed by atoms with van der Waals surface area (Å²) in [6.45, 7) is 0.0648. The summed E-state index contributed by atoms with van der Waals surface area (Å²) in [5, 5.41) is 18.7. The quantitative estimate of drug-likeness (QED) is 0.523. The maximum absolute atomic E-state index is 11.6. The zero-order chi connectivity index (χ0) is 13.3. The molecule has 92 valence electrons. The molecule has 6 nitrogen and oxygen atoms in total. The Bertz CT molecular complexity index is 574. The average molecular weight is 245 g/mol. The van der Waals surface area contributed by atoms with E-state index in [2.05, 4.69) is 10.9 Å². The second-order valence-corrected chi connectivity index (χ2v) is 3.80. The van der Waals surface area contributed by atoms with Gasteiger partial charge in [0, 0.05) is 0 Å². The second-order valence-electron chi connectivity index (χ2n) is 3.80. The molecule has 0 aliphatic carbocycles. The Labute approximate surface area is 103 Å². The van der Waals surface area contributed by atoms with Gasteiger partial charge in [-0.1, -0.05) is 12.0 Å². The molecular formula is C12H11N3O3. The monoisotopic (exact) mass is 245 g/mol. The number of nitrogens with zero attached hydrogens (tertiary/aromatic N) is 2. The van der Waals surface area contributed by atoms with Gasteiger partial charge in [-0.25, -0.2) is 4.79 Å². The minimum atomic E-state index is -0.611. The van der Waals surface area contributed by atoms with Gasteiger partial charge in [0.25, 0.3) is 0 Å². The van der Waals surface area contributed by atoms with Crippen molar-refractivity contribution in [3.05, 3.63) is 23.8 Å². The molecule has 1 atom stereocenters. The third-order valence-corrected chi connectivity index (χ3v) is 2.64. The average Bonchev–Trinajstić information content (AvgIpc) is 2.59. The standard InChI is InChI=1S/C12H11N3O3/c1-2-5-15-10(11(13)14-12(15)18)7-3-4-8(16)9(17)6-7/h1,3-4,6,10,16-17H,5H2,(H2,13,14,18). The van der Waals surface area contributed by atoms with Crippen LogP contribution in [0.15, 0.2) is 23.2 Å². The number of amides is 2. The van der Waals surface area contributed by atoms with Gasteiger partial charge in [-0.2, -0.15) is 4.99 Å². The van der Waals surface area contributed by atoms with Gasteiger partial charge in [-0.05, 0) is 17.7 Å². The highest BCUT2D eigenvalue weighted by Crippen LogP contribution is 2.32. The number of aliphatic imine (C=N–C) groups is 1. The van der Waals surface area contributed by atoms with Crippen LogP contribution < -0.4 is 5.73 Å². The minimum absolute atomic E-state index is 0.0648. The largest absolute Gasteiger partial charge is 0.504 e. The van der Waals surface area contributed by atoms with Gasteiger partial charge in [-0.3, -0.25) is 4.90 Å². The minimum Gasteiger partial charge on any atom is -0.504 e. The summed E-state index contributed by atoms with van der Waals surface area (Å²) >= 11 is 0. The molecule has 1 unspecified atom stereocenters. The van der Waals surface area contributed by atoms with Gasteiger partial charge in [0.05, 0.1) is 6.54 Å². The van der Waals surface area contributed by atoms with Crippen LogP contribution in [0.4, 0.5) is 4.79 Å². The van der Waals surface area contributed by atoms with Crippen LogP contribution >= 0.6 is 0 Å². The van der Waals surface area contributed by atoms with Gasteiger partial charge in [0.1, 0.15) is 11.9 Å². The molecule has 0 bridgehead atoms. The molecular weight excluding hydrogens is 234 g/mol. The fourth-order valence-corrected chi connectivity index (χ4v) is 1.82. The maximum Gasteiger partial charge on any atom is 0.346 e. The van der Waals surface area contributed by atoms with Crippen molar-refractivity contribution in [2.24, 2.45) is 10.7 Å². The highest BCUT2D eigenvalue weighted by molar-refractivity contribution is 6.03. The third-order valence-electron chi connectivity index (χ3n) is 2.64. The number of amidine groups is 1. The Morgan fingerprint density at radius 1 is 1.44 bits per heavy atom. The van der Waals surface area contributed by atoms with Crippen LogP contribution in [0, 0.1) is 12.3 Å². The zero-order valence-electron chi connectivity index (χ0n) is 9.37. The lowest BCUT2D eigenvalue weighted by Crippen LogP contribution is -2.33. The summed E-state index contributed by atoms with van der Waals surface area (Å²) in [4.78, 5) is 16.5. The van der Waals surface area contributed by atoms with Crippen LogP contribution in [-0.2, 0) is 0 Å². The Hall–Kier alpha value is -2.68. The fourth-order valence-electron chi connectivity index (χ4n) is 1.82. The molecule has 1 aromatic rings. The number of phenolic OH excluding ortho intramolecular Hbond substituents is 2. The number of nitrogens with two attached hydrogens (primary N) is 1. The van der Waals surface area contributed by atoms with E-state index in [4.69, 9.17) is 12.2 Å². The number of rotatable bonds is 2. The number of carbonyl (C=O) groups is 1. The first-order valence-corrected chi connectivity index (χ1v) is 5.14. The van der Waals surface area contributed by atoms with E-state index < -0.39 is 12.1 Å². The normalized spacial score (nSPS) is 18.6. The van der Waals surface area contributed by atoms with E-state index in [9.17, 15) is 15.0 Å². The summed E-state index contributed by atoms with van der Waals surface area (Å²) in [6, 6.07) is 3.06. The Balaban J connectivity index is 2.41. The smallest absolute Gasteiger partial charge is 0.346 e. The molecule has 0 fully saturated rings. The van der Waals surface area contributed by atoms with Crippen molar-refractivity contribution in [3.63, 3.8) is 0 Å². The number of urea groups is 1. The van der Waals surface area contributed by atoms with Crippen LogP contribution in [0.2, 0.25) is 0 Å². The van der Waals surface area contributed by atoms with Crippen LogP contribution in [0.1, 0.15) is 11.6 Å². The van der Waals surface area contributed by atoms with Crippen molar-refractivity contribution < 1.29 is 15.0 Å². The van der Waals surface area contributed by atoms with Gasteiger partial charge in [0.15, 0.2) is 11.5 Å². The van der Waals surface area contributed by atoms with Crippen molar-refractivity contribution >= 4 is 11.9 Å². The van der Waals surface area contributed by atoms with Crippen LogP contribution in [0.3, 0.4) is 0 Å². The van der Waals surface area contributed by atoms with Crippen molar-refractivity contribution in [3.8, 4) is 23.8 Å². The lowest BCUT2D eigenvalue weighted by molar-refractivity contribution is 0.213. The molecule has 2 amide bonds. The maximum atomic E-state index is 11.6. The number of aromatic hydroxyl groups is 2. The van der Waals surface area contributed by atoms with E-state index in [1.165, 1.54) is 17.0 Å². The van der Waals surface area contributed by atoms with E-state index in [0.717, 1.165) is 0 Å². The van der Waals surface area contributed by atoms with Crippen LogP contribution in [0.25, 0.3) is 0 Å². The third kappa shape index (κ3) is 1.82. The molecule has 0 saturated heterocycles. The number of terminal acetylenes is 1. The number of benzene rings is 1. The molecule has 1 aliphatic rings. The molecule has 18 heavy (non-hydrogen) atoms. The van der Waals surface area contributed by atoms with Gasteiger partial charge < -0.3 is 15.9 Å². The van der Waals surface area contributed by atoms with E-state index in [1.54, 1.807) is 6.07 Å². The molecule has 2 rings (SSSR count). The molecule has 1 heterocycles. The molecule has 6 heteroatoms. The summed E-state index contributed by atoms with van der Waals surface area (Å²) in [5.74, 6) is 1.92. The SMILES string of the molecule is C#CCN1C(=O)N=C(N)C1c1ccc(O)c(O)c1. The van der Waals surface area contributed by atoms with Gasteiger partial charge in [-0.15, -0.1) is 6.42 Å². The highest BCUT2D eigenvalue weighted by atomic mass is 16.3. The summed E-state index contributed by atoms with van der Waals surface area (Å²) < 4.78 is 0. The van der Waals surface area contributed by atoms with E-state index >= 15 is 0 Å². The summed E-state index contributed by atoms with van der Waals surface area (Å²) in [6.07, 6.45) is 5.19. The molecule has 4 N–H and O–H groups in total. The number of hydrogen-bond donors (Lipinski definition) is 3. The molecule has 0 spiro atoms. The molecule has 1 aliphatic heterocycles. The Kier molecular flexibility index (Phi) is 2.81. The Morgan fingerprint density at radius 2 is 2.17 bits per heavy atom. The number of hydrogen-bond acceptors (Lipinski definition) is 4.